The standard InChI is InChI=1S/C24H18O6/c1-27-19-10-11-21-17(13-23(25)30-22(21)14-19)15-28-24(26)16-6-5-9-20(12-16)29-18-7-3-2-4-8-18/h2-14H,15H2,1H3. The van der Waals surface area contributed by atoms with Crippen LogP contribution in [0.25, 0.3) is 11.0 Å². The number of carbonyl (C=O) groups excluding carboxylic acids is 1. The van der Waals surface area contributed by atoms with Gasteiger partial charge in [-0.25, -0.2) is 9.59 Å². The number of methoxy groups -OCH3 is 1. The molecule has 0 N–H and O–H groups in total. The molecule has 150 valence electrons. The summed E-state index contributed by atoms with van der Waals surface area (Å²) in [5, 5.41) is 0.671. The largest absolute Gasteiger partial charge is 0.497 e. The summed E-state index contributed by atoms with van der Waals surface area (Å²) < 4.78 is 21.6. The fourth-order valence-electron chi connectivity index (χ4n) is 2.99. The molecule has 0 saturated carbocycles. The number of para-hydroxylation sites is 1. The normalized spacial score (nSPS) is 10.6. The van der Waals surface area contributed by atoms with E-state index in [0.717, 1.165) is 0 Å². The molecule has 0 amide bonds. The molecule has 6 nitrogen and oxygen atoms in total. The SMILES string of the molecule is COc1ccc2c(COC(=O)c3cccc(Oc4ccccc4)c3)cc(=O)oc2c1. The van der Waals surface area contributed by atoms with Crippen LogP contribution < -0.4 is 15.1 Å². The zero-order chi connectivity index (χ0) is 20.9. The number of ether oxygens (including phenoxy) is 3. The Balaban J connectivity index is 1.51. The highest BCUT2D eigenvalue weighted by Crippen LogP contribution is 2.24. The van der Waals surface area contributed by atoms with Gasteiger partial charge >= 0.3 is 11.6 Å². The number of benzene rings is 3. The third-order valence-corrected chi connectivity index (χ3v) is 4.44. The van der Waals surface area contributed by atoms with Gasteiger partial charge in [0.1, 0.15) is 29.4 Å². The summed E-state index contributed by atoms with van der Waals surface area (Å²) in [6.07, 6.45) is 0. The Bertz CT molecular complexity index is 1240. The maximum Gasteiger partial charge on any atom is 0.338 e. The van der Waals surface area contributed by atoms with Gasteiger partial charge in [0.25, 0.3) is 0 Å². The molecule has 30 heavy (non-hydrogen) atoms. The maximum atomic E-state index is 12.5. The fourth-order valence-corrected chi connectivity index (χ4v) is 2.99. The molecule has 4 rings (SSSR count). The molecule has 0 spiro atoms. The second-order valence-corrected chi connectivity index (χ2v) is 6.47. The van der Waals surface area contributed by atoms with E-state index in [4.69, 9.17) is 18.6 Å². The Hall–Kier alpha value is -4.06. The van der Waals surface area contributed by atoms with E-state index in [1.165, 1.54) is 13.2 Å². The Labute approximate surface area is 172 Å². The molecule has 1 aromatic heterocycles. The minimum Gasteiger partial charge on any atom is -0.497 e. The highest BCUT2D eigenvalue weighted by molar-refractivity contribution is 5.90. The average Bonchev–Trinajstić information content (AvgIpc) is 2.77. The van der Waals surface area contributed by atoms with Crippen LogP contribution >= 0.6 is 0 Å². The Morgan fingerprint density at radius 2 is 1.67 bits per heavy atom. The lowest BCUT2D eigenvalue weighted by atomic mass is 10.1. The molecule has 0 unspecified atom stereocenters. The molecule has 0 radical (unpaired) electrons. The molecular formula is C24H18O6. The highest BCUT2D eigenvalue weighted by atomic mass is 16.5. The summed E-state index contributed by atoms with van der Waals surface area (Å²) in [7, 11) is 1.53. The summed E-state index contributed by atoms with van der Waals surface area (Å²) >= 11 is 0. The Kier molecular flexibility index (Phi) is 5.48. The quantitative estimate of drug-likeness (QED) is 0.336. The van der Waals surface area contributed by atoms with Gasteiger partial charge in [-0.3, -0.25) is 0 Å². The van der Waals surface area contributed by atoms with Gasteiger partial charge in [-0.1, -0.05) is 24.3 Å². The summed E-state index contributed by atoms with van der Waals surface area (Å²) in [5.74, 6) is 1.23. The minimum atomic E-state index is -0.528. The van der Waals surface area contributed by atoms with Gasteiger partial charge < -0.3 is 18.6 Å². The molecular weight excluding hydrogens is 384 g/mol. The van der Waals surface area contributed by atoms with Crippen LogP contribution in [-0.2, 0) is 11.3 Å². The van der Waals surface area contributed by atoms with Crippen molar-refractivity contribution in [1.29, 1.82) is 0 Å². The number of rotatable bonds is 6. The van der Waals surface area contributed by atoms with Crippen LogP contribution in [0.5, 0.6) is 17.2 Å². The van der Waals surface area contributed by atoms with Crippen molar-refractivity contribution < 1.29 is 23.4 Å². The van der Waals surface area contributed by atoms with Crippen LogP contribution in [0.1, 0.15) is 15.9 Å². The first-order valence-electron chi connectivity index (χ1n) is 9.23. The van der Waals surface area contributed by atoms with E-state index in [1.807, 2.05) is 30.3 Å². The zero-order valence-electron chi connectivity index (χ0n) is 16.2. The van der Waals surface area contributed by atoms with Gasteiger partial charge in [0.05, 0.1) is 12.7 Å². The molecule has 0 atom stereocenters. The molecule has 4 aromatic rings. The summed E-state index contributed by atoms with van der Waals surface area (Å²) in [6, 6.07) is 22.4. The van der Waals surface area contributed by atoms with Gasteiger partial charge in [0.15, 0.2) is 0 Å². The second kappa shape index (κ2) is 8.53. The maximum absolute atomic E-state index is 12.5. The first-order valence-corrected chi connectivity index (χ1v) is 9.23. The van der Waals surface area contributed by atoms with Gasteiger partial charge in [-0.15, -0.1) is 0 Å². The molecule has 0 saturated heterocycles. The van der Waals surface area contributed by atoms with Crippen molar-refractivity contribution in [3.63, 3.8) is 0 Å². The lowest BCUT2D eigenvalue weighted by molar-refractivity contribution is 0.0473. The molecule has 6 heteroatoms. The molecule has 0 aliphatic heterocycles. The number of carbonyl (C=O) groups is 1. The lowest BCUT2D eigenvalue weighted by Gasteiger charge is -2.09. The number of esters is 1. The third kappa shape index (κ3) is 4.33. The van der Waals surface area contributed by atoms with Gasteiger partial charge in [-0.2, -0.15) is 0 Å². The summed E-state index contributed by atoms with van der Waals surface area (Å²) in [4.78, 5) is 24.4. The third-order valence-electron chi connectivity index (χ3n) is 4.44. The molecule has 0 fully saturated rings. The number of fused-ring (bicyclic) bond motifs is 1. The van der Waals surface area contributed by atoms with Crippen LogP contribution in [0.3, 0.4) is 0 Å². The predicted octanol–water partition coefficient (Wildman–Crippen LogP) is 4.95. The van der Waals surface area contributed by atoms with Crippen molar-refractivity contribution in [1.82, 2.24) is 0 Å². The topological polar surface area (TPSA) is 75.0 Å². The van der Waals surface area contributed by atoms with Gasteiger partial charge in [-0.05, 0) is 42.5 Å². The van der Waals surface area contributed by atoms with E-state index in [0.29, 0.717) is 39.3 Å². The average molecular weight is 402 g/mol. The second-order valence-electron chi connectivity index (χ2n) is 6.47. The van der Waals surface area contributed by atoms with Crippen molar-refractivity contribution >= 4 is 16.9 Å². The molecule has 0 bridgehead atoms. The van der Waals surface area contributed by atoms with Crippen molar-refractivity contribution in [3.8, 4) is 17.2 Å². The van der Waals surface area contributed by atoms with E-state index in [2.05, 4.69) is 0 Å². The van der Waals surface area contributed by atoms with E-state index in [9.17, 15) is 9.59 Å². The van der Waals surface area contributed by atoms with Crippen molar-refractivity contribution in [2.45, 2.75) is 6.61 Å². The molecule has 3 aromatic carbocycles. The van der Waals surface area contributed by atoms with Crippen molar-refractivity contribution in [2.24, 2.45) is 0 Å². The monoisotopic (exact) mass is 402 g/mol. The van der Waals surface area contributed by atoms with E-state index < -0.39 is 11.6 Å². The van der Waals surface area contributed by atoms with Crippen LogP contribution in [0.15, 0.2) is 88.1 Å². The Morgan fingerprint density at radius 3 is 2.47 bits per heavy atom. The van der Waals surface area contributed by atoms with Crippen LogP contribution in [0, 0.1) is 0 Å². The number of hydrogen-bond donors (Lipinski definition) is 0. The Morgan fingerprint density at radius 1 is 0.867 bits per heavy atom. The molecule has 0 aliphatic rings. The first kappa shape index (κ1) is 19.3. The van der Waals surface area contributed by atoms with E-state index in [-0.39, 0.29) is 6.61 Å². The van der Waals surface area contributed by atoms with Gasteiger partial charge in [0.2, 0.25) is 0 Å². The van der Waals surface area contributed by atoms with Crippen molar-refractivity contribution in [3.05, 3.63) is 100 Å². The molecule has 0 aliphatic carbocycles. The summed E-state index contributed by atoms with van der Waals surface area (Å²) in [5.41, 5.74) is 0.734. The van der Waals surface area contributed by atoms with Crippen LogP contribution in [-0.4, -0.2) is 13.1 Å². The van der Waals surface area contributed by atoms with Crippen LogP contribution in [0.4, 0.5) is 0 Å². The smallest absolute Gasteiger partial charge is 0.338 e. The fraction of sp³-hybridized carbons (Fsp3) is 0.0833. The zero-order valence-corrected chi connectivity index (χ0v) is 16.2. The predicted molar refractivity (Wildman–Crippen MR) is 111 cm³/mol. The molecule has 1 heterocycles. The summed E-state index contributed by atoms with van der Waals surface area (Å²) in [6.45, 7) is -0.0724. The van der Waals surface area contributed by atoms with Crippen LogP contribution in [0.2, 0.25) is 0 Å². The first-order chi connectivity index (χ1) is 14.6. The van der Waals surface area contributed by atoms with E-state index >= 15 is 0 Å². The van der Waals surface area contributed by atoms with Crippen molar-refractivity contribution in [2.75, 3.05) is 7.11 Å². The highest BCUT2D eigenvalue weighted by Gasteiger charge is 2.12. The lowest BCUT2D eigenvalue weighted by Crippen LogP contribution is -2.08. The number of hydrogen-bond acceptors (Lipinski definition) is 6. The minimum absolute atomic E-state index is 0.0724. The van der Waals surface area contributed by atoms with E-state index in [1.54, 1.807) is 42.5 Å². The van der Waals surface area contributed by atoms with Gasteiger partial charge in [0, 0.05) is 23.1 Å².